The first kappa shape index (κ1) is 14.3. The Bertz CT molecular complexity index is 467. The lowest BCUT2D eigenvalue weighted by molar-refractivity contribution is -0.125. The number of ketones is 1. The van der Waals surface area contributed by atoms with E-state index in [1.165, 1.54) is 12.3 Å². The maximum Gasteiger partial charge on any atom is 0.358 e. The van der Waals surface area contributed by atoms with Crippen molar-refractivity contribution in [3.63, 3.8) is 0 Å². The van der Waals surface area contributed by atoms with Gasteiger partial charge < -0.3 is 10.1 Å². The van der Waals surface area contributed by atoms with Gasteiger partial charge in [-0.25, -0.2) is 9.78 Å². The highest BCUT2D eigenvalue weighted by Gasteiger charge is 2.15. The summed E-state index contributed by atoms with van der Waals surface area (Å²) >= 11 is 1.12. The van der Waals surface area contributed by atoms with Crippen LogP contribution in [0.25, 0.3) is 0 Å². The number of aromatic nitrogens is 1. The summed E-state index contributed by atoms with van der Waals surface area (Å²) in [6, 6.07) is 0. The average Bonchev–Trinajstić information content (AvgIpc) is 2.72. The Balaban J connectivity index is 2.54. The maximum absolute atomic E-state index is 11.5. The zero-order valence-electron chi connectivity index (χ0n) is 10.4. The van der Waals surface area contributed by atoms with Crippen LogP contribution in [0.5, 0.6) is 0 Å². The number of Topliss-reactive ketones (excluding diaryl/α,β-unsaturated/α-hetero) is 1. The maximum atomic E-state index is 11.5. The number of hydrogen-bond donors (Lipinski definition) is 1. The molecule has 0 unspecified atom stereocenters. The fourth-order valence-electron chi connectivity index (χ4n) is 0.953. The number of anilines is 1. The molecule has 98 valence electrons. The van der Waals surface area contributed by atoms with Crippen molar-refractivity contribution in [1.29, 1.82) is 0 Å². The second kappa shape index (κ2) is 6.25. The number of carbonyl (C=O) groups is 3. The summed E-state index contributed by atoms with van der Waals surface area (Å²) in [4.78, 5) is 37.5. The topological polar surface area (TPSA) is 85.4 Å². The van der Waals surface area contributed by atoms with E-state index in [1.54, 1.807) is 13.8 Å². The van der Waals surface area contributed by atoms with Gasteiger partial charge in [-0.05, 0) is 0 Å². The van der Waals surface area contributed by atoms with Crippen LogP contribution in [-0.4, -0.2) is 29.3 Å². The largest absolute Gasteiger partial charge is 0.453 e. The third-order valence-corrected chi connectivity index (χ3v) is 2.74. The molecule has 0 bridgehead atoms. The number of nitrogens with zero attached hydrogens (tertiary/aromatic N) is 1. The van der Waals surface area contributed by atoms with Gasteiger partial charge in [0.2, 0.25) is 5.91 Å². The Morgan fingerprint density at radius 3 is 2.67 bits per heavy atom. The monoisotopic (exact) mass is 270 g/mol. The lowest BCUT2D eigenvalue weighted by atomic mass is 10.1. The molecular weight excluding hydrogens is 256 g/mol. The molecule has 0 aliphatic heterocycles. The number of hydrogen-bond acceptors (Lipinski definition) is 6. The van der Waals surface area contributed by atoms with Gasteiger partial charge >= 0.3 is 5.97 Å². The van der Waals surface area contributed by atoms with E-state index in [1.807, 2.05) is 0 Å². The van der Waals surface area contributed by atoms with E-state index in [2.05, 4.69) is 10.3 Å². The number of carbonyl (C=O) groups excluding carboxylic acids is 3. The van der Waals surface area contributed by atoms with Crippen LogP contribution in [-0.2, 0) is 14.3 Å². The molecule has 0 saturated carbocycles. The molecule has 0 fully saturated rings. The van der Waals surface area contributed by atoms with Crippen LogP contribution in [0.4, 0.5) is 5.13 Å². The summed E-state index contributed by atoms with van der Waals surface area (Å²) in [6.07, 6.45) is 0. The predicted octanol–water partition coefficient (Wildman–Crippen LogP) is 1.48. The second-order valence-corrected chi connectivity index (χ2v) is 4.77. The molecule has 1 rings (SSSR count). The van der Waals surface area contributed by atoms with Gasteiger partial charge in [-0.3, -0.25) is 9.59 Å². The summed E-state index contributed by atoms with van der Waals surface area (Å²) in [6.45, 7) is 4.55. The lowest BCUT2D eigenvalue weighted by Gasteiger charge is -2.04. The first-order valence-corrected chi connectivity index (χ1v) is 6.21. The summed E-state index contributed by atoms with van der Waals surface area (Å²) in [5, 5.41) is 4.25. The minimum atomic E-state index is -0.670. The van der Waals surface area contributed by atoms with Crippen LogP contribution in [0, 0.1) is 5.92 Å². The Hall–Kier alpha value is -1.76. The van der Waals surface area contributed by atoms with Gasteiger partial charge in [0.25, 0.3) is 0 Å². The van der Waals surface area contributed by atoms with Gasteiger partial charge in [-0.1, -0.05) is 13.8 Å². The van der Waals surface area contributed by atoms with E-state index in [0.717, 1.165) is 11.3 Å². The fourth-order valence-corrected chi connectivity index (χ4v) is 1.68. The Morgan fingerprint density at radius 1 is 1.44 bits per heavy atom. The lowest BCUT2D eigenvalue weighted by Crippen LogP contribution is -2.18. The zero-order chi connectivity index (χ0) is 13.7. The number of ether oxygens (including phenoxy) is 1. The third kappa shape index (κ3) is 4.25. The van der Waals surface area contributed by atoms with Crippen molar-refractivity contribution >= 4 is 34.1 Å². The Morgan fingerprint density at radius 2 is 2.11 bits per heavy atom. The van der Waals surface area contributed by atoms with Crippen LogP contribution in [0.2, 0.25) is 0 Å². The Labute approximate surface area is 108 Å². The Kier molecular flexibility index (Phi) is 4.96. The highest BCUT2D eigenvalue weighted by molar-refractivity contribution is 7.14. The van der Waals surface area contributed by atoms with E-state index in [0.29, 0.717) is 5.13 Å². The first-order valence-electron chi connectivity index (χ1n) is 5.33. The number of thiazole rings is 1. The van der Waals surface area contributed by atoms with Gasteiger partial charge in [0.1, 0.15) is 0 Å². The molecule has 7 heteroatoms. The highest BCUT2D eigenvalue weighted by atomic mass is 32.1. The van der Waals surface area contributed by atoms with Crippen molar-refractivity contribution in [2.45, 2.75) is 20.8 Å². The molecule has 0 radical (unpaired) electrons. The molecule has 18 heavy (non-hydrogen) atoms. The molecular formula is C11H14N2O4S. The zero-order valence-corrected chi connectivity index (χ0v) is 11.2. The van der Waals surface area contributed by atoms with E-state index < -0.39 is 5.97 Å². The molecule has 1 aromatic rings. The summed E-state index contributed by atoms with van der Waals surface area (Å²) in [7, 11) is 0. The van der Waals surface area contributed by atoms with Crippen molar-refractivity contribution in [2.24, 2.45) is 5.92 Å². The van der Waals surface area contributed by atoms with Gasteiger partial charge in [-0.15, -0.1) is 11.3 Å². The minimum absolute atomic E-state index is 0.0836. The van der Waals surface area contributed by atoms with Crippen LogP contribution in [0.15, 0.2) is 5.38 Å². The third-order valence-electron chi connectivity index (χ3n) is 1.99. The highest BCUT2D eigenvalue weighted by Crippen LogP contribution is 2.16. The van der Waals surface area contributed by atoms with E-state index in [9.17, 15) is 14.4 Å². The molecule has 0 aliphatic carbocycles. The molecule has 1 amide bonds. The molecule has 1 heterocycles. The van der Waals surface area contributed by atoms with Gasteiger partial charge in [-0.2, -0.15) is 0 Å². The average molecular weight is 270 g/mol. The molecule has 1 N–H and O–H groups in total. The van der Waals surface area contributed by atoms with Crippen molar-refractivity contribution in [3.05, 3.63) is 11.1 Å². The number of esters is 1. The minimum Gasteiger partial charge on any atom is -0.453 e. The second-order valence-electron chi connectivity index (χ2n) is 3.92. The quantitative estimate of drug-likeness (QED) is 0.819. The van der Waals surface area contributed by atoms with E-state index in [-0.39, 0.29) is 29.9 Å². The van der Waals surface area contributed by atoms with Gasteiger partial charge in [0.05, 0.1) is 0 Å². The molecule has 1 aromatic heterocycles. The fraction of sp³-hybridized carbons (Fsp3) is 0.455. The first-order chi connectivity index (χ1) is 8.40. The van der Waals surface area contributed by atoms with Crippen LogP contribution in [0.3, 0.4) is 0 Å². The smallest absolute Gasteiger partial charge is 0.358 e. The number of amides is 1. The normalized spacial score (nSPS) is 10.2. The summed E-state index contributed by atoms with van der Waals surface area (Å²) in [5.41, 5.74) is 0.0836. The van der Waals surface area contributed by atoms with Crippen LogP contribution >= 0.6 is 11.3 Å². The molecule has 0 aliphatic rings. The molecule has 0 atom stereocenters. The van der Waals surface area contributed by atoms with Crippen LogP contribution in [0.1, 0.15) is 31.3 Å². The SMILES string of the molecule is CC(=O)Nc1nc(C(=O)OCC(=O)C(C)C)cs1. The van der Waals surface area contributed by atoms with Gasteiger partial charge in [0.15, 0.2) is 23.2 Å². The van der Waals surface area contributed by atoms with Crippen molar-refractivity contribution < 1.29 is 19.1 Å². The summed E-state index contributed by atoms with van der Waals surface area (Å²) in [5.74, 6) is -1.26. The van der Waals surface area contributed by atoms with E-state index >= 15 is 0 Å². The van der Waals surface area contributed by atoms with Crippen molar-refractivity contribution in [3.8, 4) is 0 Å². The molecule has 0 aromatic carbocycles. The van der Waals surface area contributed by atoms with Gasteiger partial charge in [0, 0.05) is 18.2 Å². The molecule has 0 spiro atoms. The number of rotatable bonds is 5. The van der Waals surface area contributed by atoms with Crippen LogP contribution < -0.4 is 5.32 Å². The van der Waals surface area contributed by atoms with E-state index in [4.69, 9.17) is 4.74 Å². The predicted molar refractivity (Wildman–Crippen MR) is 66.5 cm³/mol. The van der Waals surface area contributed by atoms with Crippen molar-refractivity contribution in [1.82, 2.24) is 4.98 Å². The molecule has 6 nitrogen and oxygen atoms in total. The molecule has 0 saturated heterocycles. The number of nitrogens with one attached hydrogen (secondary N) is 1. The van der Waals surface area contributed by atoms with Crippen molar-refractivity contribution in [2.75, 3.05) is 11.9 Å². The standard InChI is InChI=1S/C11H14N2O4S/c1-6(2)9(15)4-17-10(16)8-5-18-11(13-8)12-7(3)14/h5-6H,4H2,1-3H3,(H,12,13,14). The summed E-state index contributed by atoms with van der Waals surface area (Å²) < 4.78 is 4.81.